The van der Waals surface area contributed by atoms with Crippen molar-refractivity contribution in [2.75, 3.05) is 19.7 Å². The zero-order valence-electron chi connectivity index (χ0n) is 17.7. The van der Waals surface area contributed by atoms with Crippen LogP contribution in [0.5, 0.6) is 0 Å². The van der Waals surface area contributed by atoms with Gasteiger partial charge in [-0.2, -0.15) is 0 Å². The highest BCUT2D eigenvalue weighted by Gasteiger charge is 2.68. The van der Waals surface area contributed by atoms with Gasteiger partial charge in [-0.05, 0) is 29.8 Å². The van der Waals surface area contributed by atoms with Gasteiger partial charge in [0.25, 0.3) is 5.91 Å². The van der Waals surface area contributed by atoms with Gasteiger partial charge in [0.2, 0.25) is 5.91 Å². The Hall–Kier alpha value is -3.51. The first-order valence-electron chi connectivity index (χ1n) is 10.9. The minimum Gasteiger partial charge on any atom is -0.394 e. The Morgan fingerprint density at radius 1 is 0.938 bits per heavy atom. The van der Waals surface area contributed by atoms with Crippen LogP contribution in [0.25, 0.3) is 0 Å². The largest absolute Gasteiger partial charge is 0.394 e. The number of aliphatic hydroxyl groups excluding tert-OH is 1. The first-order valence-corrected chi connectivity index (χ1v) is 10.9. The first kappa shape index (κ1) is 20.4. The molecular weight excluding hydrogens is 402 g/mol. The van der Waals surface area contributed by atoms with Crippen molar-refractivity contribution in [3.8, 4) is 0 Å². The second kappa shape index (κ2) is 8.20. The molecule has 32 heavy (non-hydrogen) atoms. The van der Waals surface area contributed by atoms with E-state index in [0.29, 0.717) is 18.7 Å². The molecule has 2 fully saturated rings. The predicted molar refractivity (Wildman–Crippen MR) is 120 cm³/mol. The summed E-state index contributed by atoms with van der Waals surface area (Å²) in [5, 5.41) is 10.2. The maximum Gasteiger partial charge on any atom is 0.254 e. The van der Waals surface area contributed by atoms with Crippen LogP contribution in [0.15, 0.2) is 85.1 Å². The lowest BCUT2D eigenvalue weighted by Gasteiger charge is -2.70. The van der Waals surface area contributed by atoms with Gasteiger partial charge in [-0.25, -0.2) is 0 Å². The number of rotatable bonds is 5. The van der Waals surface area contributed by atoms with E-state index in [4.69, 9.17) is 0 Å². The molecule has 2 aliphatic rings. The van der Waals surface area contributed by atoms with Crippen LogP contribution in [0.4, 0.5) is 0 Å². The normalized spacial score (nSPS) is 21.0. The van der Waals surface area contributed by atoms with E-state index in [-0.39, 0.29) is 36.8 Å². The van der Waals surface area contributed by atoms with E-state index < -0.39 is 5.54 Å². The lowest BCUT2D eigenvalue weighted by molar-refractivity contribution is -0.178. The standard InChI is InChI=1S/C26H25N3O3/c30-16-22-24(19-9-3-1-4-10-19)26(29(22)25(32)20-11-5-2-6-12-20)17-28(18-26)23(31)15-21-13-7-8-14-27-21/h1-14,22,24,30H,15-18H2/t22-,24+/m1/s1. The molecule has 5 rings (SSSR count). The zero-order valence-corrected chi connectivity index (χ0v) is 17.7. The van der Waals surface area contributed by atoms with Gasteiger partial charge < -0.3 is 14.9 Å². The number of hydrogen-bond donors (Lipinski definition) is 1. The Morgan fingerprint density at radius 2 is 1.59 bits per heavy atom. The molecule has 2 amide bonds. The second-order valence-electron chi connectivity index (χ2n) is 8.53. The minimum absolute atomic E-state index is 0.000644. The molecule has 1 N–H and O–H groups in total. The van der Waals surface area contributed by atoms with Gasteiger partial charge >= 0.3 is 0 Å². The monoisotopic (exact) mass is 427 g/mol. The van der Waals surface area contributed by atoms with Crippen LogP contribution in [-0.2, 0) is 11.2 Å². The number of aliphatic hydroxyl groups is 1. The Labute approximate surface area is 187 Å². The van der Waals surface area contributed by atoms with Crippen LogP contribution in [-0.4, -0.2) is 63.0 Å². The fourth-order valence-electron chi connectivity index (χ4n) is 5.27. The average molecular weight is 428 g/mol. The fraction of sp³-hybridized carbons (Fsp3) is 0.269. The number of nitrogens with zero attached hydrogens (tertiary/aromatic N) is 3. The number of carbonyl (C=O) groups excluding carboxylic acids is 2. The molecule has 2 saturated heterocycles. The summed E-state index contributed by atoms with van der Waals surface area (Å²) in [6.45, 7) is 0.780. The smallest absolute Gasteiger partial charge is 0.254 e. The lowest BCUT2D eigenvalue weighted by atomic mass is 9.60. The molecule has 1 aromatic heterocycles. The molecule has 2 atom stereocenters. The van der Waals surface area contributed by atoms with E-state index >= 15 is 0 Å². The van der Waals surface area contributed by atoms with Crippen LogP contribution in [0.3, 0.4) is 0 Å². The highest BCUT2D eigenvalue weighted by atomic mass is 16.3. The van der Waals surface area contributed by atoms with E-state index in [0.717, 1.165) is 11.3 Å². The zero-order chi connectivity index (χ0) is 22.1. The number of benzene rings is 2. The summed E-state index contributed by atoms with van der Waals surface area (Å²) < 4.78 is 0. The fourth-order valence-corrected chi connectivity index (χ4v) is 5.27. The lowest BCUT2D eigenvalue weighted by Crippen LogP contribution is -2.86. The molecule has 6 nitrogen and oxygen atoms in total. The van der Waals surface area contributed by atoms with E-state index in [1.807, 2.05) is 71.6 Å². The summed E-state index contributed by atoms with van der Waals surface area (Å²) in [5.74, 6) is -0.130. The maximum atomic E-state index is 13.5. The second-order valence-corrected chi connectivity index (χ2v) is 8.53. The summed E-state index contributed by atoms with van der Waals surface area (Å²) >= 11 is 0. The van der Waals surface area contributed by atoms with Crippen LogP contribution in [0.2, 0.25) is 0 Å². The van der Waals surface area contributed by atoms with Gasteiger partial charge in [0.05, 0.1) is 24.6 Å². The van der Waals surface area contributed by atoms with Crippen LogP contribution >= 0.6 is 0 Å². The molecule has 2 aromatic carbocycles. The van der Waals surface area contributed by atoms with Crippen LogP contribution in [0, 0.1) is 0 Å². The molecule has 0 aliphatic carbocycles. The van der Waals surface area contributed by atoms with Crippen molar-refractivity contribution >= 4 is 11.8 Å². The highest BCUT2D eigenvalue weighted by Crippen LogP contribution is 2.54. The predicted octanol–water partition coefficient (Wildman–Crippen LogP) is 2.51. The number of hydrogen-bond acceptors (Lipinski definition) is 4. The molecule has 0 unspecified atom stereocenters. The average Bonchev–Trinajstić information content (AvgIpc) is 2.79. The molecule has 0 bridgehead atoms. The van der Waals surface area contributed by atoms with Gasteiger partial charge in [-0.1, -0.05) is 54.6 Å². The van der Waals surface area contributed by atoms with Crippen LogP contribution < -0.4 is 0 Å². The van der Waals surface area contributed by atoms with E-state index in [1.54, 1.807) is 23.2 Å². The summed E-state index contributed by atoms with van der Waals surface area (Å²) in [5.41, 5.74) is 1.90. The first-order chi connectivity index (χ1) is 15.6. The van der Waals surface area contributed by atoms with Gasteiger partial charge in [-0.3, -0.25) is 14.6 Å². The van der Waals surface area contributed by atoms with E-state index in [2.05, 4.69) is 4.98 Å². The Bertz CT molecular complexity index is 1100. The van der Waals surface area contributed by atoms with Crippen molar-refractivity contribution in [1.82, 2.24) is 14.8 Å². The summed E-state index contributed by atoms with van der Waals surface area (Å²) in [7, 11) is 0. The number of aromatic nitrogens is 1. The molecule has 6 heteroatoms. The molecule has 1 spiro atoms. The number of likely N-dealkylation sites (tertiary alicyclic amines) is 2. The van der Waals surface area contributed by atoms with Crippen molar-refractivity contribution < 1.29 is 14.7 Å². The van der Waals surface area contributed by atoms with E-state index in [9.17, 15) is 14.7 Å². The summed E-state index contributed by atoms with van der Waals surface area (Å²) in [6.07, 6.45) is 1.92. The summed E-state index contributed by atoms with van der Waals surface area (Å²) in [6, 6.07) is 24.3. The maximum absolute atomic E-state index is 13.5. The Morgan fingerprint density at radius 3 is 2.22 bits per heavy atom. The number of pyridine rings is 1. The third-order valence-corrected chi connectivity index (χ3v) is 6.70. The summed E-state index contributed by atoms with van der Waals surface area (Å²) in [4.78, 5) is 34.2. The van der Waals surface area contributed by atoms with Gasteiger partial charge in [0.15, 0.2) is 0 Å². The number of amides is 2. The molecule has 3 aromatic rings. The van der Waals surface area contributed by atoms with Gasteiger partial charge in [0.1, 0.15) is 0 Å². The minimum atomic E-state index is -0.512. The van der Waals surface area contributed by atoms with Gasteiger partial charge in [0, 0.05) is 36.5 Å². The number of carbonyl (C=O) groups is 2. The Kier molecular flexibility index (Phi) is 5.23. The van der Waals surface area contributed by atoms with Gasteiger partial charge in [-0.15, -0.1) is 0 Å². The molecule has 0 saturated carbocycles. The van der Waals surface area contributed by atoms with Crippen LogP contribution in [0.1, 0.15) is 27.5 Å². The molecular formula is C26H25N3O3. The van der Waals surface area contributed by atoms with Crippen molar-refractivity contribution in [1.29, 1.82) is 0 Å². The third kappa shape index (κ3) is 3.28. The quantitative estimate of drug-likeness (QED) is 0.679. The molecule has 162 valence electrons. The molecule has 2 aliphatic heterocycles. The van der Waals surface area contributed by atoms with Crippen molar-refractivity contribution in [2.24, 2.45) is 0 Å². The molecule has 0 radical (unpaired) electrons. The van der Waals surface area contributed by atoms with E-state index in [1.165, 1.54) is 0 Å². The highest BCUT2D eigenvalue weighted by molar-refractivity contribution is 5.96. The van der Waals surface area contributed by atoms with Crippen molar-refractivity contribution in [2.45, 2.75) is 23.9 Å². The topological polar surface area (TPSA) is 73.7 Å². The SMILES string of the molecule is O=C(Cc1ccccn1)N1CC2(C1)[C@@H](c1ccccc1)[C@@H](CO)N2C(=O)c1ccccc1. The van der Waals surface area contributed by atoms with Crippen molar-refractivity contribution in [3.05, 3.63) is 102 Å². The molecule has 3 heterocycles. The Balaban J connectivity index is 1.42. The third-order valence-electron chi connectivity index (χ3n) is 6.70. The van der Waals surface area contributed by atoms with Crippen molar-refractivity contribution in [3.63, 3.8) is 0 Å².